The van der Waals surface area contributed by atoms with Gasteiger partial charge in [-0.3, -0.25) is 14.8 Å². The fraction of sp³-hybridized carbons (Fsp3) is 0.643. The number of nitrogens with one attached hydrogen (secondary N) is 1. The van der Waals surface area contributed by atoms with Crippen LogP contribution in [0.5, 0.6) is 0 Å². The summed E-state index contributed by atoms with van der Waals surface area (Å²) in [5, 5.41) is 6.87. The van der Waals surface area contributed by atoms with Gasteiger partial charge in [0.15, 0.2) is 0 Å². The summed E-state index contributed by atoms with van der Waals surface area (Å²) in [6.45, 7) is 8.32. The van der Waals surface area contributed by atoms with Crippen molar-refractivity contribution >= 4 is 11.9 Å². The maximum atomic E-state index is 12.1. The van der Waals surface area contributed by atoms with Crippen LogP contribution in [-0.2, 0) is 11.3 Å². The molecule has 1 aromatic rings. The van der Waals surface area contributed by atoms with E-state index in [0.29, 0.717) is 19.4 Å². The van der Waals surface area contributed by atoms with E-state index in [2.05, 4.69) is 10.4 Å². The van der Waals surface area contributed by atoms with Gasteiger partial charge in [-0.1, -0.05) is 13.8 Å². The Balaban J connectivity index is 2.25. The Labute approximate surface area is 119 Å². The summed E-state index contributed by atoms with van der Waals surface area (Å²) in [5.74, 6) is -0.198. The average Bonchev–Trinajstić information content (AvgIpc) is 2.95. The monoisotopic (exact) mass is 278 g/mol. The molecule has 0 unspecified atom stereocenters. The van der Waals surface area contributed by atoms with E-state index in [-0.39, 0.29) is 18.0 Å². The summed E-state index contributed by atoms with van der Waals surface area (Å²) >= 11 is 0. The van der Waals surface area contributed by atoms with Gasteiger partial charge in [-0.2, -0.15) is 5.10 Å². The molecule has 0 saturated carbocycles. The third-order valence-electron chi connectivity index (χ3n) is 4.09. The molecule has 0 bridgehead atoms. The van der Waals surface area contributed by atoms with E-state index < -0.39 is 5.54 Å². The van der Waals surface area contributed by atoms with Crippen LogP contribution in [-0.4, -0.2) is 32.2 Å². The maximum absolute atomic E-state index is 12.1. The quantitative estimate of drug-likeness (QED) is 0.838. The summed E-state index contributed by atoms with van der Waals surface area (Å²) in [7, 11) is 0. The normalized spacial score (nSPS) is 17.9. The summed E-state index contributed by atoms with van der Waals surface area (Å²) < 4.78 is 1.85. The van der Waals surface area contributed by atoms with Gasteiger partial charge in [0, 0.05) is 12.2 Å². The second kappa shape index (κ2) is 5.26. The van der Waals surface area contributed by atoms with Crippen LogP contribution < -0.4 is 5.32 Å². The van der Waals surface area contributed by atoms with Crippen LogP contribution in [0.1, 0.15) is 52.3 Å². The van der Waals surface area contributed by atoms with Gasteiger partial charge in [-0.15, -0.1) is 0 Å². The Morgan fingerprint density at radius 2 is 1.95 bits per heavy atom. The third kappa shape index (κ3) is 2.19. The van der Waals surface area contributed by atoms with E-state index in [1.807, 2.05) is 44.6 Å². The van der Waals surface area contributed by atoms with Gasteiger partial charge in [0.25, 0.3) is 5.91 Å². The molecule has 1 aliphatic rings. The highest BCUT2D eigenvalue weighted by Crippen LogP contribution is 2.30. The van der Waals surface area contributed by atoms with Crippen molar-refractivity contribution in [3.05, 3.63) is 18.0 Å². The lowest BCUT2D eigenvalue weighted by atomic mass is 9.91. The third-order valence-corrected chi connectivity index (χ3v) is 4.09. The molecule has 1 aromatic heterocycles. The molecule has 0 aromatic carbocycles. The van der Waals surface area contributed by atoms with Gasteiger partial charge < -0.3 is 4.90 Å². The number of hydrogen-bond donors (Lipinski definition) is 1. The minimum Gasteiger partial charge on any atom is -0.304 e. The Morgan fingerprint density at radius 3 is 2.45 bits per heavy atom. The van der Waals surface area contributed by atoms with Crippen molar-refractivity contribution in [1.82, 2.24) is 20.0 Å². The Kier molecular flexibility index (Phi) is 3.83. The average molecular weight is 278 g/mol. The van der Waals surface area contributed by atoms with Gasteiger partial charge in [0.1, 0.15) is 5.54 Å². The first-order valence-corrected chi connectivity index (χ1v) is 7.11. The van der Waals surface area contributed by atoms with Gasteiger partial charge in [-0.25, -0.2) is 4.79 Å². The lowest BCUT2D eigenvalue weighted by Crippen LogP contribution is -2.48. The fourth-order valence-electron chi connectivity index (χ4n) is 2.69. The Hall–Kier alpha value is -1.85. The van der Waals surface area contributed by atoms with Crippen LogP contribution in [0.3, 0.4) is 0 Å². The standard InChI is InChI=1S/C14H22N4O2/c1-5-14(6-2)12(19)15-13(20)17(14)9-11-7-8-18(16-11)10(3)4/h7-8,10H,5-6,9H2,1-4H3,(H,15,19,20). The summed E-state index contributed by atoms with van der Waals surface area (Å²) in [4.78, 5) is 25.7. The molecule has 0 spiro atoms. The van der Waals surface area contributed by atoms with E-state index in [9.17, 15) is 9.59 Å². The second-order valence-corrected chi connectivity index (χ2v) is 5.46. The highest BCUT2D eigenvalue weighted by molar-refractivity contribution is 6.06. The number of rotatable bonds is 5. The van der Waals surface area contributed by atoms with Crippen molar-refractivity contribution in [2.45, 2.75) is 58.7 Å². The minimum absolute atomic E-state index is 0.198. The minimum atomic E-state index is -0.737. The van der Waals surface area contributed by atoms with Crippen molar-refractivity contribution in [3.63, 3.8) is 0 Å². The molecule has 1 N–H and O–H groups in total. The number of aromatic nitrogens is 2. The number of imide groups is 1. The molecule has 20 heavy (non-hydrogen) atoms. The van der Waals surface area contributed by atoms with Crippen molar-refractivity contribution in [3.8, 4) is 0 Å². The number of nitrogens with zero attached hydrogens (tertiary/aromatic N) is 3. The van der Waals surface area contributed by atoms with Crippen LogP contribution in [0.25, 0.3) is 0 Å². The van der Waals surface area contributed by atoms with E-state index in [1.54, 1.807) is 4.90 Å². The van der Waals surface area contributed by atoms with Crippen LogP contribution in [0.2, 0.25) is 0 Å². The first-order valence-electron chi connectivity index (χ1n) is 7.11. The lowest BCUT2D eigenvalue weighted by Gasteiger charge is -2.33. The van der Waals surface area contributed by atoms with E-state index >= 15 is 0 Å². The highest BCUT2D eigenvalue weighted by atomic mass is 16.2. The molecule has 2 heterocycles. The van der Waals surface area contributed by atoms with E-state index in [4.69, 9.17) is 0 Å². The van der Waals surface area contributed by atoms with E-state index in [0.717, 1.165) is 5.69 Å². The molecule has 1 saturated heterocycles. The van der Waals surface area contributed by atoms with Crippen molar-refractivity contribution in [2.24, 2.45) is 0 Å². The molecule has 1 fully saturated rings. The van der Waals surface area contributed by atoms with Crippen LogP contribution in [0.4, 0.5) is 4.79 Å². The van der Waals surface area contributed by atoms with Crippen molar-refractivity contribution in [2.75, 3.05) is 0 Å². The molecule has 6 nitrogen and oxygen atoms in total. The second-order valence-electron chi connectivity index (χ2n) is 5.46. The maximum Gasteiger partial charge on any atom is 0.325 e. The molecule has 110 valence electrons. The summed E-state index contributed by atoms with van der Waals surface area (Å²) in [6.07, 6.45) is 3.10. The van der Waals surface area contributed by atoms with Gasteiger partial charge >= 0.3 is 6.03 Å². The molecular weight excluding hydrogens is 256 g/mol. The van der Waals surface area contributed by atoms with Gasteiger partial charge in [0.05, 0.1) is 12.2 Å². The van der Waals surface area contributed by atoms with Crippen LogP contribution in [0, 0.1) is 0 Å². The van der Waals surface area contributed by atoms with Gasteiger partial charge in [-0.05, 0) is 32.8 Å². The number of amides is 3. The molecular formula is C14H22N4O2. The SMILES string of the molecule is CCC1(CC)C(=O)NC(=O)N1Cc1ccn(C(C)C)n1. The van der Waals surface area contributed by atoms with Gasteiger partial charge in [0.2, 0.25) is 0 Å². The smallest absolute Gasteiger partial charge is 0.304 e. The van der Waals surface area contributed by atoms with Crippen molar-refractivity contribution < 1.29 is 9.59 Å². The van der Waals surface area contributed by atoms with E-state index in [1.165, 1.54) is 0 Å². The lowest BCUT2D eigenvalue weighted by molar-refractivity contribution is -0.127. The first-order chi connectivity index (χ1) is 9.44. The van der Waals surface area contributed by atoms with Crippen LogP contribution >= 0.6 is 0 Å². The topological polar surface area (TPSA) is 67.2 Å². The fourth-order valence-corrected chi connectivity index (χ4v) is 2.69. The first kappa shape index (κ1) is 14.6. The predicted octanol–water partition coefficient (Wildman–Crippen LogP) is 2.07. The molecule has 2 rings (SSSR count). The molecule has 0 aliphatic carbocycles. The molecule has 6 heteroatoms. The Morgan fingerprint density at radius 1 is 1.30 bits per heavy atom. The number of carbonyl (C=O) groups is 2. The zero-order chi connectivity index (χ0) is 14.9. The molecule has 3 amide bonds. The molecule has 0 radical (unpaired) electrons. The predicted molar refractivity (Wildman–Crippen MR) is 75.0 cm³/mol. The molecule has 0 atom stereocenters. The number of urea groups is 1. The van der Waals surface area contributed by atoms with Crippen molar-refractivity contribution in [1.29, 1.82) is 0 Å². The number of hydrogen-bond acceptors (Lipinski definition) is 3. The zero-order valence-electron chi connectivity index (χ0n) is 12.5. The highest BCUT2D eigenvalue weighted by Gasteiger charge is 2.50. The summed E-state index contributed by atoms with van der Waals surface area (Å²) in [5.41, 5.74) is 0.0634. The number of carbonyl (C=O) groups excluding carboxylic acids is 2. The Bertz CT molecular complexity index is 517. The summed E-state index contributed by atoms with van der Waals surface area (Å²) in [6, 6.07) is 1.85. The molecule has 1 aliphatic heterocycles. The van der Waals surface area contributed by atoms with Crippen LogP contribution in [0.15, 0.2) is 12.3 Å². The zero-order valence-corrected chi connectivity index (χ0v) is 12.5. The largest absolute Gasteiger partial charge is 0.325 e.